The molecule has 0 saturated carbocycles. The first-order chi connectivity index (χ1) is 31.0. The van der Waals surface area contributed by atoms with Crippen molar-refractivity contribution in [1.82, 2.24) is 0 Å². The van der Waals surface area contributed by atoms with Crippen molar-refractivity contribution >= 4 is 17.9 Å². The van der Waals surface area contributed by atoms with E-state index in [1.165, 1.54) is 231 Å². The van der Waals surface area contributed by atoms with Gasteiger partial charge in [0.1, 0.15) is 13.2 Å². The fourth-order valence-corrected chi connectivity index (χ4v) is 8.80. The highest BCUT2D eigenvalue weighted by atomic mass is 16.6. The Bertz CT molecular complexity index is 936. The lowest BCUT2D eigenvalue weighted by Crippen LogP contribution is -2.30. The molecule has 0 amide bonds. The first-order valence-electron chi connectivity index (χ1n) is 28.5. The van der Waals surface area contributed by atoms with E-state index in [0.717, 1.165) is 57.8 Å². The zero-order valence-electron chi connectivity index (χ0n) is 42.9. The van der Waals surface area contributed by atoms with Gasteiger partial charge in [0.25, 0.3) is 0 Å². The van der Waals surface area contributed by atoms with Gasteiger partial charge in [0, 0.05) is 19.3 Å². The molecule has 0 aliphatic rings. The van der Waals surface area contributed by atoms with Crippen LogP contribution in [0, 0.1) is 0 Å². The molecule has 0 aromatic rings. The van der Waals surface area contributed by atoms with Gasteiger partial charge in [0.2, 0.25) is 0 Å². The second-order valence-corrected chi connectivity index (χ2v) is 19.6. The molecule has 1 atom stereocenters. The van der Waals surface area contributed by atoms with E-state index in [-0.39, 0.29) is 31.1 Å². The quantitative estimate of drug-likeness (QED) is 0.0344. The van der Waals surface area contributed by atoms with E-state index in [2.05, 4.69) is 20.8 Å². The molecule has 374 valence electrons. The van der Waals surface area contributed by atoms with E-state index in [9.17, 15) is 14.4 Å². The van der Waals surface area contributed by atoms with Gasteiger partial charge in [0.15, 0.2) is 6.10 Å². The third-order valence-corrected chi connectivity index (χ3v) is 13.1. The lowest BCUT2D eigenvalue weighted by atomic mass is 10.0. The van der Waals surface area contributed by atoms with Crippen LogP contribution < -0.4 is 0 Å². The highest BCUT2D eigenvalue weighted by Crippen LogP contribution is 2.18. The number of unbranched alkanes of at least 4 members (excludes halogenated alkanes) is 42. The summed E-state index contributed by atoms with van der Waals surface area (Å²) in [5.41, 5.74) is 0. The Kier molecular flexibility index (Phi) is 51.7. The van der Waals surface area contributed by atoms with Crippen molar-refractivity contribution in [3.63, 3.8) is 0 Å². The molecule has 0 saturated heterocycles. The normalized spacial score (nSPS) is 11.9. The minimum atomic E-state index is -0.760. The summed E-state index contributed by atoms with van der Waals surface area (Å²) in [6.07, 6.45) is 58.1. The second-order valence-electron chi connectivity index (χ2n) is 19.6. The molecular formula is C57H110O6. The Labute approximate surface area is 393 Å². The number of esters is 3. The van der Waals surface area contributed by atoms with Crippen LogP contribution in [0.5, 0.6) is 0 Å². The zero-order chi connectivity index (χ0) is 45.8. The minimum Gasteiger partial charge on any atom is -0.462 e. The second kappa shape index (κ2) is 53.0. The van der Waals surface area contributed by atoms with Crippen LogP contribution in [0.25, 0.3) is 0 Å². The molecule has 6 nitrogen and oxygen atoms in total. The van der Waals surface area contributed by atoms with Crippen LogP contribution in [-0.4, -0.2) is 37.2 Å². The van der Waals surface area contributed by atoms with Crippen LogP contribution in [0.4, 0.5) is 0 Å². The summed E-state index contributed by atoms with van der Waals surface area (Å²) in [7, 11) is 0. The fourth-order valence-electron chi connectivity index (χ4n) is 8.80. The van der Waals surface area contributed by atoms with Crippen molar-refractivity contribution in [2.24, 2.45) is 0 Å². The maximum atomic E-state index is 12.8. The van der Waals surface area contributed by atoms with Crippen molar-refractivity contribution in [3.8, 4) is 0 Å². The summed E-state index contributed by atoms with van der Waals surface area (Å²) in [6.45, 7) is 6.70. The Morgan fingerprint density at radius 1 is 0.254 bits per heavy atom. The Balaban J connectivity index is 4.24. The lowest BCUT2D eigenvalue weighted by molar-refractivity contribution is -0.167. The van der Waals surface area contributed by atoms with Crippen molar-refractivity contribution in [3.05, 3.63) is 0 Å². The molecule has 0 aliphatic heterocycles. The zero-order valence-corrected chi connectivity index (χ0v) is 42.9. The van der Waals surface area contributed by atoms with Crippen LogP contribution in [0.2, 0.25) is 0 Å². The summed E-state index contributed by atoms with van der Waals surface area (Å²) < 4.78 is 16.9. The maximum Gasteiger partial charge on any atom is 0.306 e. The van der Waals surface area contributed by atoms with E-state index >= 15 is 0 Å². The SMILES string of the molecule is CCCCCCCCCCCCCCCCCCCCCC(=O)OC[C@@H](COC(=O)CCCCCCCCCCCCC)OC(=O)CCCCCCCCCCCCCCCCC. The van der Waals surface area contributed by atoms with Crippen molar-refractivity contribution in [1.29, 1.82) is 0 Å². The molecule has 0 bridgehead atoms. The van der Waals surface area contributed by atoms with Gasteiger partial charge < -0.3 is 14.2 Å². The largest absolute Gasteiger partial charge is 0.462 e. The van der Waals surface area contributed by atoms with Gasteiger partial charge in [-0.15, -0.1) is 0 Å². The molecule has 0 aromatic carbocycles. The van der Waals surface area contributed by atoms with Gasteiger partial charge in [-0.3, -0.25) is 14.4 Å². The monoisotopic (exact) mass is 891 g/mol. The molecule has 0 aliphatic carbocycles. The van der Waals surface area contributed by atoms with Gasteiger partial charge in [-0.25, -0.2) is 0 Å². The summed E-state index contributed by atoms with van der Waals surface area (Å²) in [5.74, 6) is -0.835. The standard InChI is InChI=1S/C57H110O6/c1-4-7-10-13-16-19-22-24-26-27-28-29-31-32-35-38-41-44-47-50-56(59)62-53-54(52-61-55(58)49-46-43-40-37-34-21-18-15-12-9-6-3)63-57(60)51-48-45-42-39-36-33-30-25-23-20-17-14-11-8-5-2/h54H,4-53H2,1-3H3/t54-/m1/s1. The highest BCUT2D eigenvalue weighted by molar-refractivity contribution is 5.71. The Morgan fingerprint density at radius 3 is 0.635 bits per heavy atom. The first-order valence-corrected chi connectivity index (χ1v) is 28.5. The van der Waals surface area contributed by atoms with Crippen LogP contribution in [0.1, 0.15) is 329 Å². The molecule has 0 aromatic heterocycles. The van der Waals surface area contributed by atoms with Crippen molar-refractivity contribution in [2.45, 2.75) is 335 Å². The fraction of sp³-hybridized carbons (Fsp3) is 0.947. The first kappa shape index (κ1) is 61.4. The number of ether oxygens (including phenoxy) is 3. The van der Waals surface area contributed by atoms with E-state index in [1.807, 2.05) is 0 Å². The molecule has 63 heavy (non-hydrogen) atoms. The molecule has 0 spiro atoms. The van der Waals surface area contributed by atoms with Gasteiger partial charge in [-0.05, 0) is 19.3 Å². The average Bonchev–Trinajstić information content (AvgIpc) is 3.28. The number of hydrogen-bond acceptors (Lipinski definition) is 6. The number of carbonyl (C=O) groups excluding carboxylic acids is 3. The minimum absolute atomic E-state index is 0.0612. The molecule has 0 heterocycles. The third-order valence-electron chi connectivity index (χ3n) is 13.1. The van der Waals surface area contributed by atoms with E-state index in [0.29, 0.717) is 19.3 Å². The Morgan fingerprint density at radius 2 is 0.429 bits per heavy atom. The van der Waals surface area contributed by atoms with E-state index in [1.54, 1.807) is 0 Å². The average molecular weight is 892 g/mol. The Hall–Kier alpha value is -1.59. The molecule has 0 radical (unpaired) electrons. The topological polar surface area (TPSA) is 78.9 Å². The summed E-state index contributed by atoms with van der Waals surface area (Å²) in [5, 5.41) is 0. The van der Waals surface area contributed by atoms with Crippen molar-refractivity contribution < 1.29 is 28.6 Å². The molecule has 0 unspecified atom stereocenters. The van der Waals surface area contributed by atoms with Crippen LogP contribution in [-0.2, 0) is 28.6 Å². The molecule has 0 fully saturated rings. The molecule has 0 rings (SSSR count). The number of carbonyl (C=O) groups is 3. The summed E-state index contributed by atoms with van der Waals surface area (Å²) in [6, 6.07) is 0. The number of hydrogen-bond donors (Lipinski definition) is 0. The van der Waals surface area contributed by atoms with Crippen molar-refractivity contribution in [2.75, 3.05) is 13.2 Å². The molecule has 6 heteroatoms. The van der Waals surface area contributed by atoms with Crippen LogP contribution >= 0.6 is 0 Å². The number of rotatable bonds is 53. The van der Waals surface area contributed by atoms with Gasteiger partial charge in [-0.1, -0.05) is 290 Å². The summed E-state index contributed by atoms with van der Waals surface area (Å²) >= 11 is 0. The third kappa shape index (κ3) is 51.3. The summed E-state index contributed by atoms with van der Waals surface area (Å²) in [4.78, 5) is 38.0. The highest BCUT2D eigenvalue weighted by Gasteiger charge is 2.19. The van der Waals surface area contributed by atoms with E-state index < -0.39 is 6.10 Å². The molecule has 0 N–H and O–H groups in total. The predicted molar refractivity (Wildman–Crippen MR) is 270 cm³/mol. The van der Waals surface area contributed by atoms with E-state index in [4.69, 9.17) is 14.2 Å². The predicted octanol–water partition coefficient (Wildman–Crippen LogP) is 18.8. The molecular weight excluding hydrogens is 781 g/mol. The smallest absolute Gasteiger partial charge is 0.306 e. The van der Waals surface area contributed by atoms with Gasteiger partial charge in [-0.2, -0.15) is 0 Å². The maximum absolute atomic E-state index is 12.8. The van der Waals surface area contributed by atoms with Gasteiger partial charge >= 0.3 is 17.9 Å². The van der Waals surface area contributed by atoms with Crippen LogP contribution in [0.3, 0.4) is 0 Å². The van der Waals surface area contributed by atoms with Gasteiger partial charge in [0.05, 0.1) is 0 Å². The van der Waals surface area contributed by atoms with Crippen LogP contribution in [0.15, 0.2) is 0 Å². The lowest BCUT2D eigenvalue weighted by Gasteiger charge is -2.18.